The molecule has 0 aliphatic carbocycles. The highest BCUT2D eigenvalue weighted by atomic mass is 35.5. The largest absolute Gasteiger partial charge is 0.339 e. The summed E-state index contributed by atoms with van der Waals surface area (Å²) in [5.41, 5.74) is 4.25. The van der Waals surface area contributed by atoms with Crippen LogP contribution in [0.4, 0.5) is 0 Å². The molecule has 0 spiro atoms. The number of benzene rings is 2. The summed E-state index contributed by atoms with van der Waals surface area (Å²) in [4.78, 5) is 19.2. The van der Waals surface area contributed by atoms with Gasteiger partial charge in [-0.05, 0) is 71.7 Å². The first-order chi connectivity index (χ1) is 15.1. The lowest BCUT2D eigenvalue weighted by Gasteiger charge is -2.40. The molecule has 31 heavy (non-hydrogen) atoms. The summed E-state index contributed by atoms with van der Waals surface area (Å²) < 4.78 is 0. The van der Waals surface area contributed by atoms with Crippen LogP contribution in [0.2, 0.25) is 10.0 Å². The molecule has 0 N–H and O–H groups in total. The van der Waals surface area contributed by atoms with E-state index in [9.17, 15) is 4.79 Å². The minimum Gasteiger partial charge on any atom is -0.339 e. The zero-order chi connectivity index (χ0) is 21.4. The van der Waals surface area contributed by atoms with Crippen LogP contribution in [0.15, 0.2) is 53.9 Å². The summed E-state index contributed by atoms with van der Waals surface area (Å²) in [5.74, 6) is 0.123. The van der Waals surface area contributed by atoms with Crippen LogP contribution in [-0.4, -0.2) is 41.4 Å². The minimum atomic E-state index is 0.123. The molecule has 2 aromatic carbocycles. The molecule has 6 heteroatoms. The first-order valence-corrected chi connectivity index (χ1v) is 12.4. The molecule has 0 saturated carbocycles. The number of piperidine rings is 1. The molecule has 0 atom stereocenters. The second kappa shape index (κ2) is 8.95. The molecular formula is C25H24Cl2N2OS. The third kappa shape index (κ3) is 4.40. The van der Waals surface area contributed by atoms with Gasteiger partial charge in [-0.3, -0.25) is 9.69 Å². The van der Waals surface area contributed by atoms with Gasteiger partial charge >= 0.3 is 0 Å². The number of halogens is 2. The Morgan fingerprint density at radius 3 is 2.39 bits per heavy atom. The summed E-state index contributed by atoms with van der Waals surface area (Å²) in [6.07, 6.45) is 3.26. The average Bonchev–Trinajstić information content (AvgIpc) is 3.29. The van der Waals surface area contributed by atoms with Crippen LogP contribution in [0.3, 0.4) is 0 Å². The van der Waals surface area contributed by atoms with Gasteiger partial charge in [-0.15, -0.1) is 11.3 Å². The predicted octanol–water partition coefficient (Wildman–Crippen LogP) is 6.38. The van der Waals surface area contributed by atoms with Gasteiger partial charge < -0.3 is 4.90 Å². The number of likely N-dealkylation sites (tertiary alicyclic amines) is 1. The Morgan fingerprint density at radius 2 is 1.65 bits per heavy atom. The maximum absolute atomic E-state index is 13.0. The fourth-order valence-electron chi connectivity index (χ4n) is 4.68. The van der Waals surface area contributed by atoms with E-state index >= 15 is 0 Å². The summed E-state index contributed by atoms with van der Waals surface area (Å²) in [6, 6.07) is 16.2. The number of fused-ring (bicyclic) bond motifs is 1. The number of rotatable bonds is 3. The van der Waals surface area contributed by atoms with Gasteiger partial charge in [0.1, 0.15) is 0 Å². The molecule has 0 radical (unpaired) electrons. The van der Waals surface area contributed by atoms with Crippen LogP contribution >= 0.6 is 34.5 Å². The Morgan fingerprint density at radius 1 is 0.903 bits per heavy atom. The third-order valence-corrected chi connectivity index (χ3v) is 8.25. The van der Waals surface area contributed by atoms with E-state index in [2.05, 4.69) is 16.3 Å². The molecule has 1 amide bonds. The maximum atomic E-state index is 13.0. The van der Waals surface area contributed by atoms with Gasteiger partial charge in [-0.2, -0.15) is 0 Å². The van der Waals surface area contributed by atoms with Crippen molar-refractivity contribution < 1.29 is 4.79 Å². The van der Waals surface area contributed by atoms with Crippen molar-refractivity contribution in [3.8, 4) is 11.1 Å². The van der Waals surface area contributed by atoms with Crippen molar-refractivity contribution in [1.82, 2.24) is 9.80 Å². The van der Waals surface area contributed by atoms with Crippen molar-refractivity contribution >= 4 is 40.4 Å². The lowest BCUT2D eigenvalue weighted by Crippen LogP contribution is -2.47. The summed E-state index contributed by atoms with van der Waals surface area (Å²) in [5, 5.41) is 3.29. The zero-order valence-electron chi connectivity index (χ0n) is 17.2. The molecule has 0 unspecified atom stereocenters. The molecule has 2 aliphatic heterocycles. The molecule has 1 aromatic heterocycles. The molecule has 5 rings (SSSR count). The second-order valence-corrected chi connectivity index (χ2v) is 10.1. The van der Waals surface area contributed by atoms with Crippen molar-refractivity contribution in [2.75, 3.05) is 19.6 Å². The Bertz CT molecular complexity index is 1090. The first-order valence-electron chi connectivity index (χ1n) is 10.7. The first kappa shape index (κ1) is 21.0. The molecular weight excluding hydrogens is 447 g/mol. The predicted molar refractivity (Wildman–Crippen MR) is 129 cm³/mol. The highest BCUT2D eigenvalue weighted by Gasteiger charge is 2.29. The lowest BCUT2D eigenvalue weighted by molar-refractivity contribution is 0.0600. The monoisotopic (exact) mass is 470 g/mol. The van der Waals surface area contributed by atoms with E-state index in [-0.39, 0.29) is 5.91 Å². The van der Waals surface area contributed by atoms with Crippen LogP contribution in [0, 0.1) is 0 Å². The normalized spacial score (nSPS) is 17.5. The average molecular weight is 471 g/mol. The quantitative estimate of drug-likeness (QED) is 0.442. The van der Waals surface area contributed by atoms with Crippen LogP contribution in [0.5, 0.6) is 0 Å². The summed E-state index contributed by atoms with van der Waals surface area (Å²) in [7, 11) is 0. The standard InChI is InChI=1S/C25H24Cl2N2OS/c26-22-6-5-19(15-23(22)27)17-1-3-18(4-2-17)25(30)28-11-7-21(8-12-28)29-13-9-24-20(16-29)10-14-31-24/h1-6,10,14-15,21H,7-9,11-13,16H2. The van der Waals surface area contributed by atoms with E-state index in [1.165, 1.54) is 5.56 Å². The van der Waals surface area contributed by atoms with Gasteiger partial charge in [-0.1, -0.05) is 41.4 Å². The Hall–Kier alpha value is -1.85. The van der Waals surface area contributed by atoms with E-state index in [0.29, 0.717) is 16.1 Å². The number of amides is 1. The fraction of sp³-hybridized carbons (Fsp3) is 0.320. The molecule has 1 fully saturated rings. The molecule has 0 bridgehead atoms. The SMILES string of the molecule is O=C(c1ccc(-c2ccc(Cl)c(Cl)c2)cc1)N1CCC(N2CCc3sccc3C2)CC1. The van der Waals surface area contributed by atoms with Gasteiger partial charge in [0, 0.05) is 42.7 Å². The summed E-state index contributed by atoms with van der Waals surface area (Å²) in [6.45, 7) is 3.85. The van der Waals surface area contributed by atoms with Crippen molar-refractivity contribution in [2.45, 2.75) is 31.8 Å². The third-order valence-electron chi connectivity index (χ3n) is 6.49. The topological polar surface area (TPSA) is 23.6 Å². The number of carbonyl (C=O) groups excluding carboxylic acids is 1. The Kier molecular flexibility index (Phi) is 6.07. The maximum Gasteiger partial charge on any atom is 0.253 e. The van der Waals surface area contributed by atoms with Gasteiger partial charge in [0.25, 0.3) is 5.91 Å². The van der Waals surface area contributed by atoms with Crippen molar-refractivity contribution in [3.63, 3.8) is 0 Å². The fourth-order valence-corrected chi connectivity index (χ4v) is 5.87. The lowest BCUT2D eigenvalue weighted by atomic mass is 9.98. The van der Waals surface area contributed by atoms with Crippen molar-refractivity contribution in [1.29, 1.82) is 0 Å². The van der Waals surface area contributed by atoms with Crippen LogP contribution < -0.4 is 0 Å². The van der Waals surface area contributed by atoms with Gasteiger partial charge in [0.2, 0.25) is 0 Å². The van der Waals surface area contributed by atoms with Crippen LogP contribution in [-0.2, 0) is 13.0 Å². The molecule has 3 aromatic rings. The van der Waals surface area contributed by atoms with Crippen LogP contribution in [0.25, 0.3) is 11.1 Å². The van der Waals surface area contributed by atoms with Gasteiger partial charge in [-0.25, -0.2) is 0 Å². The highest BCUT2D eigenvalue weighted by molar-refractivity contribution is 7.10. The number of thiophene rings is 1. The molecule has 2 aliphatic rings. The smallest absolute Gasteiger partial charge is 0.253 e. The highest BCUT2D eigenvalue weighted by Crippen LogP contribution is 2.30. The summed E-state index contributed by atoms with van der Waals surface area (Å²) >= 11 is 14.0. The van der Waals surface area contributed by atoms with Gasteiger partial charge in [0.15, 0.2) is 0 Å². The van der Waals surface area contributed by atoms with Crippen molar-refractivity contribution in [2.24, 2.45) is 0 Å². The van der Waals surface area contributed by atoms with Crippen LogP contribution in [0.1, 0.15) is 33.6 Å². The minimum absolute atomic E-state index is 0.123. The van der Waals surface area contributed by atoms with Gasteiger partial charge in [0.05, 0.1) is 10.0 Å². The van der Waals surface area contributed by atoms with E-state index in [4.69, 9.17) is 23.2 Å². The molecule has 3 nitrogen and oxygen atoms in total. The number of hydrogen-bond acceptors (Lipinski definition) is 3. The Balaban J connectivity index is 1.20. The molecule has 160 valence electrons. The van der Waals surface area contributed by atoms with E-state index in [1.807, 2.05) is 52.6 Å². The van der Waals surface area contributed by atoms with E-state index in [0.717, 1.165) is 62.1 Å². The van der Waals surface area contributed by atoms with Crippen molar-refractivity contribution in [3.05, 3.63) is 80.0 Å². The number of hydrogen-bond donors (Lipinski definition) is 0. The molecule has 3 heterocycles. The van der Waals surface area contributed by atoms with E-state index < -0.39 is 0 Å². The molecule has 1 saturated heterocycles. The number of carbonyl (C=O) groups is 1. The number of nitrogens with zero attached hydrogens (tertiary/aromatic N) is 2. The zero-order valence-corrected chi connectivity index (χ0v) is 19.5. The van der Waals surface area contributed by atoms with E-state index in [1.54, 1.807) is 10.9 Å². The second-order valence-electron chi connectivity index (χ2n) is 8.32. The Labute approximate surface area is 197 Å².